The van der Waals surface area contributed by atoms with Gasteiger partial charge in [-0.05, 0) is 116 Å². The van der Waals surface area contributed by atoms with Gasteiger partial charge in [0.1, 0.15) is 53.4 Å². The minimum Gasteiger partial charge on any atom is -0.508 e. The van der Waals surface area contributed by atoms with Crippen molar-refractivity contribution in [3.05, 3.63) is 92.7 Å². The van der Waals surface area contributed by atoms with Crippen LogP contribution in [-0.2, 0) is 45.5 Å². The molecule has 0 radical (unpaired) electrons. The largest absolute Gasteiger partial charge is 0.508 e. The van der Waals surface area contributed by atoms with Crippen LogP contribution in [0.1, 0.15) is 140 Å². The van der Waals surface area contributed by atoms with Crippen molar-refractivity contribution < 1.29 is 43.9 Å². The van der Waals surface area contributed by atoms with Crippen molar-refractivity contribution in [2.24, 2.45) is 11.8 Å². The van der Waals surface area contributed by atoms with E-state index >= 15 is 0 Å². The topological polar surface area (TPSA) is 195 Å². The summed E-state index contributed by atoms with van der Waals surface area (Å²) in [5, 5.41) is 42.1. The number of esters is 1. The summed E-state index contributed by atoms with van der Waals surface area (Å²) in [5.41, 5.74) is 15.2. The first kappa shape index (κ1) is 48.6. The Morgan fingerprint density at radius 1 is 1.03 bits per heavy atom. The van der Waals surface area contributed by atoms with E-state index in [0.29, 0.717) is 84.0 Å². The second kappa shape index (κ2) is 20.1. The second-order valence-corrected chi connectivity index (χ2v) is 24.3. The molecule has 13 nitrogen and oxygen atoms in total. The number of carbonyl (C=O) groups excluding carboxylic acids is 2. The smallest absolute Gasteiger partial charge is 0.302 e. The van der Waals surface area contributed by atoms with Gasteiger partial charge in [-0.15, -0.1) is 0 Å². The third-order valence-corrected chi connectivity index (χ3v) is 19.7. The zero-order valence-electron chi connectivity index (χ0n) is 41.3. The highest BCUT2D eigenvalue weighted by molar-refractivity contribution is 8.76. The Kier molecular flexibility index (Phi) is 13.3. The number of phenolic OH excluding ortho intramolecular Hbond substituents is 2. The summed E-state index contributed by atoms with van der Waals surface area (Å²) >= 11 is 0. The zero-order valence-corrected chi connectivity index (χ0v) is 42.9. The molecule has 8 aliphatic rings. The molecule has 5 heterocycles. The zero-order chi connectivity index (χ0) is 50.0. The summed E-state index contributed by atoms with van der Waals surface area (Å²) in [6, 6.07) is 11.8. The number of aromatic hydroxyl groups is 2. The molecule has 3 saturated carbocycles. The van der Waals surface area contributed by atoms with E-state index in [1.54, 1.807) is 6.07 Å². The molecule has 1 spiro atoms. The first-order chi connectivity index (χ1) is 35.5. The van der Waals surface area contributed by atoms with Gasteiger partial charge in [0.05, 0.1) is 12.0 Å². The molecule has 7 N–H and O–H groups in total. The van der Waals surface area contributed by atoms with Gasteiger partial charge in [0.2, 0.25) is 0 Å². The van der Waals surface area contributed by atoms with E-state index in [0.717, 1.165) is 94.5 Å². The van der Waals surface area contributed by atoms with Crippen molar-refractivity contribution in [1.29, 1.82) is 0 Å². The van der Waals surface area contributed by atoms with Crippen LogP contribution in [0.15, 0.2) is 42.5 Å². The highest BCUT2D eigenvalue weighted by atomic mass is 33.1. The maximum atomic E-state index is 13.0. The molecule has 0 amide bonds. The molecule has 8 unspecified atom stereocenters. The number of fused-ring (bicyclic) bond motifs is 12. The number of hydrogen-bond donors (Lipinski definition) is 6. The lowest BCUT2D eigenvalue weighted by molar-refractivity contribution is -0.142. The van der Waals surface area contributed by atoms with E-state index < -0.39 is 30.2 Å². The van der Waals surface area contributed by atoms with Crippen LogP contribution in [0, 0.1) is 23.7 Å². The molecule has 8 atom stereocenters. The molecule has 1 saturated heterocycles. The molecule has 1 aromatic heterocycles. The van der Waals surface area contributed by atoms with Crippen molar-refractivity contribution in [2.45, 2.75) is 145 Å². The number of ketones is 1. The van der Waals surface area contributed by atoms with Crippen molar-refractivity contribution in [3.63, 3.8) is 0 Å². The van der Waals surface area contributed by atoms with Gasteiger partial charge in [-0.2, -0.15) is 0 Å². The maximum absolute atomic E-state index is 13.0. The number of pyridine rings is 1. The molecule has 73 heavy (non-hydrogen) atoms. The number of nitrogens with one attached hydrogen (secondary N) is 2. The predicted molar refractivity (Wildman–Crippen MR) is 283 cm³/mol. The molecule has 12 rings (SSSR count). The monoisotopic (exact) mass is 1020 g/mol. The number of aliphatic hydroxyl groups excluding tert-OH is 1. The molecule has 3 aromatic carbocycles. The number of aromatic nitrogens is 1. The molecule has 382 valence electrons. The first-order valence-corrected chi connectivity index (χ1v) is 28.8. The third kappa shape index (κ3) is 9.23. The fraction of sp³-hybridized carbons (Fsp3) is 0.500. The van der Waals surface area contributed by atoms with E-state index in [4.69, 9.17) is 29.7 Å². The molecule has 4 aliphatic heterocycles. The molecule has 15 heteroatoms. The van der Waals surface area contributed by atoms with Gasteiger partial charge in [0.15, 0.2) is 18.3 Å². The summed E-state index contributed by atoms with van der Waals surface area (Å²) < 4.78 is 27.0. The first-order valence-electron chi connectivity index (χ1n) is 26.3. The number of Topliss-reactive ketones (excluding diaryl/α,β-unsaturated/α-hetero) is 1. The van der Waals surface area contributed by atoms with Gasteiger partial charge in [-0.25, -0.2) is 4.98 Å². The van der Waals surface area contributed by atoms with E-state index in [1.807, 2.05) is 33.7 Å². The normalized spacial score (nSPS) is 27.9. The Morgan fingerprint density at radius 2 is 1.89 bits per heavy atom. The Hall–Kier alpha value is -5.37. The van der Waals surface area contributed by atoms with E-state index in [9.17, 15) is 24.9 Å². The lowest BCUT2D eigenvalue weighted by Gasteiger charge is -2.39. The summed E-state index contributed by atoms with van der Waals surface area (Å²) in [6.45, 7) is 1.17. The maximum Gasteiger partial charge on any atom is 0.302 e. The van der Waals surface area contributed by atoms with Gasteiger partial charge >= 0.3 is 5.97 Å². The number of ether oxygens (including phenoxy) is 4. The molecular formula is C58H64N4O9S2. The fourth-order valence-corrected chi connectivity index (χ4v) is 16.5. The average Bonchev–Trinajstić information content (AvgIpc) is 3.88. The van der Waals surface area contributed by atoms with Crippen LogP contribution < -0.4 is 30.6 Å². The highest BCUT2D eigenvalue weighted by Crippen LogP contribution is 2.63. The standard InChI is InChI=1S/C58H64N4O9S2/c1-31(64)68-27-45-41-13-14-42-51-35(22-39(66)23-48(51)69-30-63)25-58-19-18-32(24-58)20-34-8-17-50(59)62-46(34)7-3-6-40-44(26-60-36-9-11-38(65)12-10-36)54(67)57-43(52(40)55(45)71-56(41)53(42)58)15-16-47-49(70-57)29-73-72-28-33-4-2-5-37(21-33)61-47/h8,13-17,22-23,32-33,36-37,45,47,49,55,60-61,63,66-67H,2,4-6,9-12,18-21,24-30H2,1H3,(H2,59,62). The Balaban J connectivity index is 1.10. The Bertz CT molecular complexity index is 2960. The number of anilines is 1. The van der Waals surface area contributed by atoms with E-state index in [1.165, 1.54) is 19.8 Å². The van der Waals surface area contributed by atoms with Crippen molar-refractivity contribution >= 4 is 45.2 Å². The van der Waals surface area contributed by atoms with Crippen LogP contribution in [0.2, 0.25) is 0 Å². The van der Waals surface area contributed by atoms with Crippen LogP contribution in [0.5, 0.6) is 28.7 Å². The molecule has 4 aliphatic carbocycles. The van der Waals surface area contributed by atoms with Gasteiger partial charge in [-0.3, -0.25) is 9.59 Å². The lowest BCUT2D eigenvalue weighted by Crippen LogP contribution is -2.49. The average molecular weight is 1030 g/mol. The lowest BCUT2D eigenvalue weighted by atomic mass is 9.65. The summed E-state index contributed by atoms with van der Waals surface area (Å²) in [6.07, 6.45) is 14.5. The fourth-order valence-electron chi connectivity index (χ4n) is 13.8. The number of nitrogens with two attached hydrogens (primary N) is 1. The van der Waals surface area contributed by atoms with Crippen molar-refractivity contribution in [3.8, 4) is 51.7 Å². The van der Waals surface area contributed by atoms with Gasteiger partial charge in [0.25, 0.3) is 0 Å². The van der Waals surface area contributed by atoms with Crippen molar-refractivity contribution in [2.75, 3.05) is 30.6 Å². The van der Waals surface area contributed by atoms with Crippen LogP contribution in [0.4, 0.5) is 5.82 Å². The minimum atomic E-state index is -0.741. The van der Waals surface area contributed by atoms with Crippen molar-refractivity contribution in [1.82, 2.24) is 15.6 Å². The number of nitrogen functional groups attached to an aromatic ring is 1. The Labute approximate surface area is 434 Å². The number of rotatable bonds is 7. The number of nitrogens with zero attached hydrogens (tertiary/aromatic N) is 1. The summed E-state index contributed by atoms with van der Waals surface area (Å²) in [5.74, 6) is 11.1. The molecule has 4 aromatic rings. The van der Waals surface area contributed by atoms with Gasteiger partial charge in [-0.1, -0.05) is 64.3 Å². The third-order valence-electron chi connectivity index (χ3n) is 17.2. The molecular weight excluding hydrogens is 961 g/mol. The second-order valence-electron chi connectivity index (χ2n) is 21.8. The highest BCUT2D eigenvalue weighted by Gasteiger charge is 2.52. The van der Waals surface area contributed by atoms with Crippen LogP contribution >= 0.6 is 21.6 Å². The number of aliphatic hydroxyl groups is 1. The molecule has 4 fully saturated rings. The summed E-state index contributed by atoms with van der Waals surface area (Å²) in [7, 11) is 3.75. The predicted octanol–water partition coefficient (Wildman–Crippen LogP) is 8.88. The van der Waals surface area contributed by atoms with Crippen LogP contribution in [-0.4, -0.2) is 81.2 Å². The number of benzene rings is 3. The van der Waals surface area contributed by atoms with E-state index in [2.05, 4.69) is 52.8 Å². The number of carbonyl (C=O) groups is 2. The number of phenols is 2. The van der Waals surface area contributed by atoms with Crippen LogP contribution in [0.25, 0.3) is 17.2 Å². The van der Waals surface area contributed by atoms with Gasteiger partial charge < -0.3 is 50.6 Å². The van der Waals surface area contributed by atoms with Crippen LogP contribution in [0.3, 0.4) is 0 Å². The SMILES string of the molecule is CC(=O)OCC1c2ccc3c4c2OC1c1c2c(c(O)c(CNC5CCC(=O)CC5)c1CC#Cc1nc(N)ccc1CC1CCC4(Cc4cc(O)cc(OCO)c4-3)C1)OC1CSSCC3CCCC(C3)NC1C=C2. The number of hydrogen-bond acceptors (Lipinski definition) is 15. The quantitative estimate of drug-likeness (QED) is 0.0444. The molecule has 6 bridgehead atoms. The Morgan fingerprint density at radius 3 is 2.74 bits per heavy atom. The minimum absolute atomic E-state index is 0.0276. The van der Waals surface area contributed by atoms with Gasteiger partial charge in [0, 0.05) is 101 Å². The summed E-state index contributed by atoms with van der Waals surface area (Å²) in [4.78, 5) is 30.2. The van der Waals surface area contributed by atoms with E-state index in [-0.39, 0.29) is 61.0 Å².